The quantitative estimate of drug-likeness (QED) is 0.270. The summed E-state index contributed by atoms with van der Waals surface area (Å²) in [7, 11) is 2.51. The van der Waals surface area contributed by atoms with Crippen molar-refractivity contribution in [1.82, 2.24) is 9.97 Å². The Morgan fingerprint density at radius 1 is 0.474 bits per heavy atom. The number of hydrogen-bond acceptors (Lipinski definition) is 8. The molecule has 2 aliphatic carbocycles. The number of nitrogens with zero attached hydrogens (tertiary/aromatic N) is 2. The van der Waals surface area contributed by atoms with Gasteiger partial charge in [-0.2, -0.15) is 0 Å². The molecule has 2 aromatic heterocycles. The molecule has 4 aromatic rings. The second kappa shape index (κ2) is 9.81. The molecule has 0 saturated heterocycles. The van der Waals surface area contributed by atoms with Crippen molar-refractivity contribution in [3.8, 4) is 22.3 Å². The summed E-state index contributed by atoms with van der Waals surface area (Å²) in [6, 6.07) is 22.3. The lowest BCUT2D eigenvalue weighted by atomic mass is 9.91. The van der Waals surface area contributed by atoms with E-state index in [9.17, 15) is 19.2 Å². The van der Waals surface area contributed by atoms with Crippen molar-refractivity contribution in [3.05, 3.63) is 120 Å². The van der Waals surface area contributed by atoms with E-state index in [4.69, 9.17) is 0 Å². The van der Waals surface area contributed by atoms with Crippen LogP contribution in [0.1, 0.15) is 41.7 Å². The molecule has 0 spiro atoms. The van der Waals surface area contributed by atoms with E-state index in [1.165, 1.54) is 45.9 Å². The highest BCUT2D eigenvalue weighted by Gasteiger charge is 2.28. The lowest BCUT2D eigenvalue weighted by Crippen LogP contribution is -2.16. The monoisotopic (exact) mass is 532 g/mol. The number of carbonyl (C=O) groups excluding carboxylic acids is 4. The normalized spacial score (nSPS) is 14.0. The molecule has 2 aliphatic rings. The van der Waals surface area contributed by atoms with E-state index >= 15 is 0 Å². The Labute approximate surface area is 225 Å². The minimum atomic E-state index is -0.335. The number of aromatic nitrogens is 2. The zero-order chi connectivity index (χ0) is 26.2. The predicted molar refractivity (Wildman–Crippen MR) is 147 cm³/mol. The van der Waals surface area contributed by atoms with Crippen LogP contribution in [0.15, 0.2) is 107 Å². The van der Waals surface area contributed by atoms with Crippen molar-refractivity contribution >= 4 is 44.7 Å². The van der Waals surface area contributed by atoms with E-state index in [1.807, 2.05) is 60.7 Å². The maximum atomic E-state index is 12.7. The van der Waals surface area contributed by atoms with Gasteiger partial charge in [0.25, 0.3) is 0 Å². The molecule has 2 heterocycles. The number of hydrogen-bond donors (Lipinski definition) is 0. The summed E-state index contributed by atoms with van der Waals surface area (Å²) >= 11 is 0. The maximum Gasteiger partial charge on any atom is 0.205 e. The fraction of sp³-hybridized carbons (Fsp3) is 0. The fourth-order valence-electron chi connectivity index (χ4n) is 4.39. The van der Waals surface area contributed by atoms with Crippen LogP contribution in [0, 0.1) is 0 Å². The number of fused-ring (bicyclic) bond motifs is 2. The highest BCUT2D eigenvalue weighted by atomic mass is 33.1. The zero-order valence-electron chi connectivity index (χ0n) is 19.6. The molecule has 6 rings (SSSR count). The first-order valence-electron chi connectivity index (χ1n) is 11.6. The first kappa shape index (κ1) is 24.0. The molecule has 8 heteroatoms. The Balaban J connectivity index is 1.42. The molecule has 2 aromatic carbocycles. The van der Waals surface area contributed by atoms with Crippen molar-refractivity contribution in [2.75, 3.05) is 0 Å². The first-order chi connectivity index (χ1) is 18.5. The van der Waals surface area contributed by atoms with Crippen LogP contribution in [0.3, 0.4) is 0 Å². The second-order valence-corrected chi connectivity index (χ2v) is 10.7. The largest absolute Gasteiger partial charge is 0.289 e. The van der Waals surface area contributed by atoms with Crippen molar-refractivity contribution in [1.29, 1.82) is 0 Å². The fourth-order valence-corrected chi connectivity index (χ4v) is 6.17. The van der Waals surface area contributed by atoms with Crippen LogP contribution in [0.4, 0.5) is 0 Å². The van der Waals surface area contributed by atoms with Gasteiger partial charge in [-0.15, -0.1) is 0 Å². The number of pyridine rings is 2. The predicted octanol–water partition coefficient (Wildman–Crippen LogP) is 6.48. The van der Waals surface area contributed by atoms with E-state index < -0.39 is 0 Å². The van der Waals surface area contributed by atoms with Crippen molar-refractivity contribution in [2.24, 2.45) is 0 Å². The number of allylic oxidation sites excluding steroid dienone is 4. The molecule has 0 bridgehead atoms. The molecule has 0 fully saturated rings. The van der Waals surface area contributed by atoms with E-state index in [1.54, 1.807) is 12.1 Å². The minimum Gasteiger partial charge on any atom is -0.289 e. The van der Waals surface area contributed by atoms with Gasteiger partial charge in [-0.05, 0) is 80.3 Å². The van der Waals surface area contributed by atoms with Crippen LogP contribution in [-0.4, -0.2) is 33.1 Å². The standard InChI is InChI=1S/C30H16N2O4S2/c33-21-11-13-23(35)29-27(21)19(17-7-3-1-4-8-17)15-25(31-29)37-38-26-16-20(18-9-5-2-6-10-18)28-22(34)12-14-24(36)30(28)32-26/h1-16H. The van der Waals surface area contributed by atoms with Crippen LogP contribution in [0.25, 0.3) is 22.3 Å². The zero-order valence-corrected chi connectivity index (χ0v) is 21.2. The van der Waals surface area contributed by atoms with Crippen LogP contribution in [-0.2, 0) is 0 Å². The van der Waals surface area contributed by atoms with Crippen LogP contribution in [0.5, 0.6) is 0 Å². The summed E-state index contributed by atoms with van der Waals surface area (Å²) in [4.78, 5) is 59.8. The average molecular weight is 533 g/mol. The van der Waals surface area contributed by atoms with Gasteiger partial charge in [0, 0.05) is 0 Å². The summed E-state index contributed by atoms with van der Waals surface area (Å²) in [5.41, 5.74) is 3.62. The SMILES string of the molecule is O=C1C=CC(=O)c2c(-c3ccccc3)cc(SSc3cc(-c4ccccc4)c4c(n3)C(=O)C=CC4=O)nc21. The number of ketones is 4. The summed E-state index contributed by atoms with van der Waals surface area (Å²) in [5.74, 6) is -1.21. The van der Waals surface area contributed by atoms with Gasteiger partial charge in [-0.1, -0.05) is 60.7 Å². The highest BCUT2D eigenvalue weighted by molar-refractivity contribution is 8.76. The van der Waals surface area contributed by atoms with Gasteiger partial charge in [-0.3, -0.25) is 19.2 Å². The molecule has 0 saturated carbocycles. The second-order valence-electron chi connectivity index (χ2n) is 8.49. The number of carbonyl (C=O) groups is 4. The average Bonchev–Trinajstić information content (AvgIpc) is 2.96. The van der Waals surface area contributed by atoms with E-state index in [2.05, 4.69) is 9.97 Å². The Kier molecular flexibility index (Phi) is 6.19. The molecule has 0 N–H and O–H groups in total. The Hall–Kier alpha value is -4.40. The first-order valence-corrected chi connectivity index (χ1v) is 13.7. The third-order valence-corrected chi connectivity index (χ3v) is 8.22. The lowest BCUT2D eigenvalue weighted by molar-refractivity contribution is 0.0990. The molecular formula is C30H16N2O4S2. The van der Waals surface area contributed by atoms with Gasteiger partial charge in [0.1, 0.15) is 21.4 Å². The Bertz CT molecular complexity index is 1600. The molecule has 6 nitrogen and oxygen atoms in total. The van der Waals surface area contributed by atoms with Crippen molar-refractivity contribution < 1.29 is 19.2 Å². The molecular weight excluding hydrogens is 516 g/mol. The van der Waals surface area contributed by atoms with Gasteiger partial charge >= 0.3 is 0 Å². The summed E-state index contributed by atoms with van der Waals surface area (Å²) in [6.45, 7) is 0. The van der Waals surface area contributed by atoms with E-state index in [0.29, 0.717) is 21.2 Å². The summed E-state index contributed by atoms with van der Waals surface area (Å²) in [5, 5.41) is 1.01. The molecule has 0 radical (unpaired) electrons. The molecule has 38 heavy (non-hydrogen) atoms. The molecule has 0 unspecified atom stereocenters. The smallest absolute Gasteiger partial charge is 0.205 e. The molecule has 0 aliphatic heterocycles. The van der Waals surface area contributed by atoms with Gasteiger partial charge in [0.05, 0.1) is 11.1 Å². The summed E-state index contributed by atoms with van der Waals surface area (Å²) < 4.78 is 0. The van der Waals surface area contributed by atoms with Gasteiger partial charge in [0.15, 0.2) is 11.6 Å². The van der Waals surface area contributed by atoms with Crippen LogP contribution < -0.4 is 0 Å². The van der Waals surface area contributed by atoms with Gasteiger partial charge < -0.3 is 0 Å². The Morgan fingerprint density at radius 2 is 0.842 bits per heavy atom. The molecule has 182 valence electrons. The van der Waals surface area contributed by atoms with Gasteiger partial charge in [-0.25, -0.2) is 9.97 Å². The number of rotatable bonds is 5. The van der Waals surface area contributed by atoms with Crippen LogP contribution >= 0.6 is 21.6 Å². The minimum absolute atomic E-state index is 0.108. The summed E-state index contributed by atoms with van der Waals surface area (Å²) in [6.07, 6.45) is 5.02. The molecule has 0 atom stereocenters. The van der Waals surface area contributed by atoms with Gasteiger partial charge in [0.2, 0.25) is 11.6 Å². The lowest BCUT2D eigenvalue weighted by Gasteiger charge is -2.17. The Morgan fingerprint density at radius 3 is 1.24 bits per heavy atom. The van der Waals surface area contributed by atoms with Crippen molar-refractivity contribution in [3.63, 3.8) is 0 Å². The molecule has 0 amide bonds. The third kappa shape index (κ3) is 4.34. The van der Waals surface area contributed by atoms with Crippen molar-refractivity contribution in [2.45, 2.75) is 10.1 Å². The third-order valence-electron chi connectivity index (χ3n) is 6.11. The van der Waals surface area contributed by atoms with E-state index in [-0.39, 0.29) is 45.6 Å². The van der Waals surface area contributed by atoms with E-state index in [0.717, 1.165) is 11.1 Å². The number of benzene rings is 2. The highest BCUT2D eigenvalue weighted by Crippen LogP contribution is 2.41. The van der Waals surface area contributed by atoms with Crippen LogP contribution in [0.2, 0.25) is 0 Å². The topological polar surface area (TPSA) is 94.1 Å². The maximum absolute atomic E-state index is 12.7.